The molecule has 2 aliphatic carbocycles. The zero-order valence-corrected chi connectivity index (χ0v) is 11.6. The van der Waals surface area contributed by atoms with Gasteiger partial charge < -0.3 is 15.3 Å². The van der Waals surface area contributed by atoms with E-state index < -0.39 is 5.97 Å². The van der Waals surface area contributed by atoms with Crippen LogP contribution in [0.3, 0.4) is 0 Å². The molecule has 0 bridgehead atoms. The molecule has 0 aromatic heterocycles. The average Bonchev–Trinajstić information content (AvgIpc) is 3.21. The number of carboxylic acids is 1. The number of amides is 2. The van der Waals surface area contributed by atoms with Gasteiger partial charge in [0, 0.05) is 12.6 Å². The predicted octanol–water partition coefficient (Wildman–Crippen LogP) is 2.07. The van der Waals surface area contributed by atoms with Crippen molar-refractivity contribution in [3.05, 3.63) is 0 Å². The summed E-state index contributed by atoms with van der Waals surface area (Å²) in [6.07, 6.45) is 6.71. The molecule has 0 saturated heterocycles. The van der Waals surface area contributed by atoms with Gasteiger partial charge in [0.15, 0.2) is 0 Å². The van der Waals surface area contributed by atoms with Crippen LogP contribution in [-0.4, -0.2) is 41.1 Å². The van der Waals surface area contributed by atoms with E-state index in [4.69, 9.17) is 5.11 Å². The Hall–Kier alpha value is -1.26. The van der Waals surface area contributed by atoms with E-state index in [0.717, 1.165) is 31.6 Å². The number of nitrogens with one attached hydrogen (secondary N) is 1. The maximum Gasteiger partial charge on any atom is 0.323 e. The number of carboxylic acid groups (broad SMARTS) is 1. The zero-order chi connectivity index (χ0) is 13.8. The Labute approximate surface area is 114 Å². The Balaban J connectivity index is 1.82. The van der Waals surface area contributed by atoms with Gasteiger partial charge in [-0.1, -0.05) is 19.8 Å². The van der Waals surface area contributed by atoms with Crippen molar-refractivity contribution >= 4 is 12.0 Å². The zero-order valence-electron chi connectivity index (χ0n) is 11.6. The first-order chi connectivity index (χ1) is 9.08. The molecule has 1 unspecified atom stereocenters. The highest BCUT2D eigenvalue weighted by atomic mass is 16.4. The van der Waals surface area contributed by atoms with Gasteiger partial charge in [-0.05, 0) is 37.5 Å². The molecule has 0 aliphatic heterocycles. The van der Waals surface area contributed by atoms with Crippen LogP contribution in [-0.2, 0) is 4.79 Å². The van der Waals surface area contributed by atoms with E-state index >= 15 is 0 Å². The van der Waals surface area contributed by atoms with E-state index in [0.29, 0.717) is 12.5 Å². The maximum atomic E-state index is 12.2. The van der Waals surface area contributed by atoms with Crippen molar-refractivity contribution in [1.82, 2.24) is 10.2 Å². The molecule has 1 atom stereocenters. The van der Waals surface area contributed by atoms with Crippen LogP contribution >= 0.6 is 0 Å². The van der Waals surface area contributed by atoms with Crippen molar-refractivity contribution in [2.75, 3.05) is 13.1 Å². The lowest BCUT2D eigenvalue weighted by molar-refractivity contribution is -0.137. The minimum Gasteiger partial charge on any atom is -0.480 e. The highest BCUT2D eigenvalue weighted by Gasteiger charge is 2.30. The summed E-state index contributed by atoms with van der Waals surface area (Å²) in [6, 6.07) is -0.0164. The quantitative estimate of drug-likeness (QED) is 0.708. The fraction of sp³-hybridized carbons (Fsp3) is 0.857. The summed E-state index contributed by atoms with van der Waals surface area (Å²) in [5.74, 6) is 0.334. The van der Waals surface area contributed by atoms with Gasteiger partial charge in [0.25, 0.3) is 0 Å². The molecule has 0 spiro atoms. The molecule has 2 amide bonds. The third-order valence-electron chi connectivity index (χ3n) is 3.92. The fourth-order valence-corrected chi connectivity index (χ4v) is 2.34. The second-order valence-corrected chi connectivity index (χ2v) is 5.95. The Kier molecular flexibility index (Phi) is 4.66. The van der Waals surface area contributed by atoms with Crippen LogP contribution in [0.4, 0.5) is 4.79 Å². The number of hydrogen-bond donors (Lipinski definition) is 2. The van der Waals surface area contributed by atoms with E-state index in [9.17, 15) is 9.59 Å². The average molecular weight is 268 g/mol. The standard InChI is InChI=1S/C14H24N2O3/c1-2-12(7-10-3-4-10)15-14(19)16(9-13(17)18)8-11-5-6-11/h10-12H,2-9H2,1H3,(H,15,19)(H,17,18). The van der Waals surface area contributed by atoms with E-state index in [2.05, 4.69) is 12.2 Å². The molecule has 108 valence electrons. The molecule has 2 fully saturated rings. The summed E-state index contributed by atoms with van der Waals surface area (Å²) >= 11 is 0. The van der Waals surface area contributed by atoms with Gasteiger partial charge in [-0.3, -0.25) is 4.79 Å². The molecule has 2 saturated carbocycles. The monoisotopic (exact) mass is 268 g/mol. The molecule has 0 radical (unpaired) electrons. The topological polar surface area (TPSA) is 69.6 Å². The van der Waals surface area contributed by atoms with Gasteiger partial charge in [-0.25, -0.2) is 4.79 Å². The first-order valence-corrected chi connectivity index (χ1v) is 7.35. The van der Waals surface area contributed by atoms with Crippen LogP contribution in [0.2, 0.25) is 0 Å². The van der Waals surface area contributed by atoms with Gasteiger partial charge in [0.2, 0.25) is 0 Å². The Morgan fingerprint density at radius 3 is 2.37 bits per heavy atom. The minimum atomic E-state index is -0.939. The number of nitrogens with zero attached hydrogens (tertiary/aromatic N) is 1. The molecule has 2 N–H and O–H groups in total. The SMILES string of the molecule is CCC(CC1CC1)NC(=O)N(CC(=O)O)CC1CC1. The summed E-state index contributed by atoms with van der Waals surface area (Å²) in [7, 11) is 0. The smallest absolute Gasteiger partial charge is 0.323 e. The van der Waals surface area contributed by atoms with Gasteiger partial charge in [0.05, 0.1) is 0 Å². The Morgan fingerprint density at radius 1 is 1.26 bits per heavy atom. The normalized spacial score (nSPS) is 19.8. The summed E-state index contributed by atoms with van der Waals surface area (Å²) in [4.78, 5) is 24.5. The third-order valence-corrected chi connectivity index (χ3v) is 3.92. The van der Waals surface area contributed by atoms with Crippen LogP contribution in [0.1, 0.15) is 45.4 Å². The molecular weight excluding hydrogens is 244 g/mol. The maximum absolute atomic E-state index is 12.2. The third kappa shape index (κ3) is 5.09. The molecular formula is C14H24N2O3. The highest BCUT2D eigenvalue weighted by molar-refractivity contribution is 5.80. The number of carbonyl (C=O) groups is 2. The van der Waals surface area contributed by atoms with Crippen molar-refractivity contribution in [1.29, 1.82) is 0 Å². The van der Waals surface area contributed by atoms with Gasteiger partial charge in [-0.15, -0.1) is 0 Å². The van der Waals surface area contributed by atoms with Crippen molar-refractivity contribution < 1.29 is 14.7 Å². The summed E-state index contributed by atoms with van der Waals surface area (Å²) in [5.41, 5.74) is 0. The molecule has 2 aliphatic rings. The van der Waals surface area contributed by atoms with Crippen molar-refractivity contribution in [2.45, 2.75) is 51.5 Å². The molecule has 19 heavy (non-hydrogen) atoms. The summed E-state index contributed by atoms with van der Waals surface area (Å²) in [6.45, 7) is 2.45. The number of rotatable bonds is 8. The summed E-state index contributed by atoms with van der Waals surface area (Å²) < 4.78 is 0. The number of carbonyl (C=O) groups excluding carboxylic acids is 1. The first kappa shape index (κ1) is 14.2. The molecule has 0 aromatic carbocycles. The van der Waals surface area contributed by atoms with E-state index in [-0.39, 0.29) is 18.6 Å². The van der Waals surface area contributed by atoms with Crippen molar-refractivity contribution in [3.63, 3.8) is 0 Å². The predicted molar refractivity (Wildman–Crippen MR) is 71.9 cm³/mol. The Morgan fingerprint density at radius 2 is 1.89 bits per heavy atom. The number of aliphatic carboxylic acids is 1. The number of hydrogen-bond acceptors (Lipinski definition) is 2. The van der Waals surface area contributed by atoms with Crippen LogP contribution in [0.5, 0.6) is 0 Å². The second-order valence-electron chi connectivity index (χ2n) is 5.95. The molecule has 5 heteroatoms. The molecule has 2 rings (SSSR count). The Bertz CT molecular complexity index is 338. The minimum absolute atomic E-state index is 0.190. The molecule has 0 heterocycles. The number of urea groups is 1. The van der Waals surface area contributed by atoms with Gasteiger partial charge in [0.1, 0.15) is 6.54 Å². The fourth-order valence-electron chi connectivity index (χ4n) is 2.34. The lowest BCUT2D eigenvalue weighted by Crippen LogP contribution is -2.47. The largest absolute Gasteiger partial charge is 0.480 e. The van der Waals surface area contributed by atoms with E-state index in [1.165, 1.54) is 17.7 Å². The summed E-state index contributed by atoms with van der Waals surface area (Å²) in [5, 5.41) is 11.9. The van der Waals surface area contributed by atoms with Crippen LogP contribution in [0.15, 0.2) is 0 Å². The molecule has 5 nitrogen and oxygen atoms in total. The van der Waals surface area contributed by atoms with E-state index in [1.807, 2.05) is 0 Å². The lowest BCUT2D eigenvalue weighted by Gasteiger charge is -2.25. The highest BCUT2D eigenvalue weighted by Crippen LogP contribution is 2.34. The second kappa shape index (κ2) is 6.26. The first-order valence-electron chi connectivity index (χ1n) is 7.35. The van der Waals surface area contributed by atoms with Crippen molar-refractivity contribution in [2.24, 2.45) is 11.8 Å². The van der Waals surface area contributed by atoms with Gasteiger partial charge in [-0.2, -0.15) is 0 Å². The van der Waals surface area contributed by atoms with Crippen LogP contribution in [0.25, 0.3) is 0 Å². The van der Waals surface area contributed by atoms with E-state index in [1.54, 1.807) is 0 Å². The van der Waals surface area contributed by atoms with Crippen LogP contribution in [0, 0.1) is 11.8 Å². The van der Waals surface area contributed by atoms with Crippen molar-refractivity contribution in [3.8, 4) is 0 Å². The van der Waals surface area contributed by atoms with Crippen LogP contribution < -0.4 is 5.32 Å². The molecule has 0 aromatic rings. The lowest BCUT2D eigenvalue weighted by atomic mass is 10.1. The van der Waals surface area contributed by atoms with Gasteiger partial charge >= 0.3 is 12.0 Å².